The molecule has 1 atom stereocenters. The zero-order valence-corrected chi connectivity index (χ0v) is 11.5. The van der Waals surface area contributed by atoms with Gasteiger partial charge in [-0.25, -0.2) is 0 Å². The van der Waals surface area contributed by atoms with Crippen molar-refractivity contribution in [3.63, 3.8) is 0 Å². The first-order valence-corrected chi connectivity index (χ1v) is 6.44. The van der Waals surface area contributed by atoms with E-state index in [0.29, 0.717) is 6.61 Å². The van der Waals surface area contributed by atoms with Crippen molar-refractivity contribution in [3.8, 4) is 5.75 Å². The minimum atomic E-state index is 0.202. The maximum atomic E-state index is 5.68. The van der Waals surface area contributed by atoms with Gasteiger partial charge in [-0.05, 0) is 42.9 Å². The van der Waals surface area contributed by atoms with E-state index in [2.05, 4.69) is 32.9 Å². The lowest BCUT2D eigenvalue weighted by Gasteiger charge is -2.23. The van der Waals surface area contributed by atoms with Crippen LogP contribution in [0.3, 0.4) is 0 Å². The maximum absolute atomic E-state index is 5.68. The summed E-state index contributed by atoms with van der Waals surface area (Å²) in [5.41, 5.74) is 7.28. The Hall–Kier alpha value is -1.02. The number of rotatable bonds is 6. The minimum absolute atomic E-state index is 0.202. The third kappa shape index (κ3) is 4.39. The third-order valence-electron chi connectivity index (χ3n) is 3.36. The van der Waals surface area contributed by atoms with Gasteiger partial charge in [-0.15, -0.1) is 0 Å². The summed E-state index contributed by atoms with van der Waals surface area (Å²) in [7, 11) is 0. The van der Waals surface area contributed by atoms with Crippen LogP contribution in [-0.2, 0) is 5.41 Å². The van der Waals surface area contributed by atoms with Crippen LogP contribution in [0, 0.1) is 0 Å². The molecule has 0 radical (unpaired) electrons. The molecular weight excluding hydrogens is 210 g/mol. The maximum Gasteiger partial charge on any atom is 0.119 e. The first-order valence-electron chi connectivity index (χ1n) is 6.44. The number of ether oxygens (including phenoxy) is 1. The summed E-state index contributed by atoms with van der Waals surface area (Å²) in [5.74, 6) is 0.932. The molecule has 0 bridgehead atoms. The molecule has 2 N–H and O–H groups in total. The smallest absolute Gasteiger partial charge is 0.119 e. The Balaban J connectivity index is 2.56. The highest BCUT2D eigenvalue weighted by Crippen LogP contribution is 2.27. The molecule has 2 heteroatoms. The highest BCUT2D eigenvalue weighted by atomic mass is 16.5. The molecule has 0 aromatic heterocycles. The zero-order chi connectivity index (χ0) is 12.9. The molecule has 0 amide bonds. The first-order chi connectivity index (χ1) is 7.95. The molecule has 2 nitrogen and oxygen atoms in total. The normalized spacial score (nSPS) is 13.5. The van der Waals surface area contributed by atoms with E-state index in [1.165, 1.54) is 5.56 Å². The van der Waals surface area contributed by atoms with E-state index in [0.717, 1.165) is 18.6 Å². The summed E-state index contributed by atoms with van der Waals surface area (Å²) in [5, 5.41) is 0. The van der Waals surface area contributed by atoms with E-state index in [1.54, 1.807) is 0 Å². The van der Waals surface area contributed by atoms with E-state index in [1.807, 2.05) is 19.1 Å². The van der Waals surface area contributed by atoms with Crippen molar-refractivity contribution < 1.29 is 4.74 Å². The Bertz CT molecular complexity index is 327. The van der Waals surface area contributed by atoms with Crippen molar-refractivity contribution in [3.05, 3.63) is 29.8 Å². The fraction of sp³-hybridized carbons (Fsp3) is 0.600. The van der Waals surface area contributed by atoms with Crippen molar-refractivity contribution in [1.29, 1.82) is 0 Å². The predicted molar refractivity (Wildman–Crippen MR) is 73.5 cm³/mol. The largest absolute Gasteiger partial charge is 0.494 e. The zero-order valence-electron chi connectivity index (χ0n) is 11.5. The van der Waals surface area contributed by atoms with Gasteiger partial charge in [0.2, 0.25) is 0 Å². The molecule has 1 aromatic rings. The minimum Gasteiger partial charge on any atom is -0.494 e. The predicted octanol–water partition coefficient (Wildman–Crippen LogP) is 3.49. The van der Waals surface area contributed by atoms with Crippen molar-refractivity contribution in [1.82, 2.24) is 0 Å². The number of hydrogen-bond acceptors (Lipinski definition) is 2. The lowest BCUT2D eigenvalue weighted by atomic mass is 9.82. The van der Waals surface area contributed by atoms with Gasteiger partial charge in [-0.2, -0.15) is 0 Å². The molecular formula is C15H25NO. The summed E-state index contributed by atoms with van der Waals surface area (Å²) < 4.78 is 5.64. The van der Waals surface area contributed by atoms with Gasteiger partial charge in [0.15, 0.2) is 0 Å². The van der Waals surface area contributed by atoms with Crippen LogP contribution >= 0.6 is 0 Å². The standard InChI is InChI=1S/C15H25NO/c1-5-15(3,4)13-6-8-14(9-7-13)17-11-10-12(2)16/h6-9,12H,5,10-11,16H2,1-4H3. The molecule has 1 rings (SSSR count). The number of benzene rings is 1. The fourth-order valence-corrected chi connectivity index (χ4v) is 1.57. The van der Waals surface area contributed by atoms with E-state index < -0.39 is 0 Å². The Morgan fingerprint density at radius 1 is 1.24 bits per heavy atom. The average molecular weight is 235 g/mol. The van der Waals surface area contributed by atoms with Crippen LogP contribution in [0.4, 0.5) is 0 Å². The van der Waals surface area contributed by atoms with Crippen LogP contribution in [0.2, 0.25) is 0 Å². The van der Waals surface area contributed by atoms with Gasteiger partial charge in [0.05, 0.1) is 6.61 Å². The fourth-order valence-electron chi connectivity index (χ4n) is 1.57. The number of nitrogens with two attached hydrogens (primary N) is 1. The summed E-state index contributed by atoms with van der Waals surface area (Å²) in [4.78, 5) is 0. The third-order valence-corrected chi connectivity index (χ3v) is 3.36. The van der Waals surface area contributed by atoms with Gasteiger partial charge in [-0.3, -0.25) is 0 Å². The molecule has 0 aliphatic heterocycles. The van der Waals surface area contributed by atoms with E-state index in [9.17, 15) is 0 Å². The number of hydrogen-bond donors (Lipinski definition) is 1. The van der Waals surface area contributed by atoms with Crippen LogP contribution in [0.5, 0.6) is 5.75 Å². The molecule has 0 aliphatic rings. The second kappa shape index (κ2) is 6.06. The monoisotopic (exact) mass is 235 g/mol. The topological polar surface area (TPSA) is 35.2 Å². The molecule has 0 spiro atoms. The second-order valence-electron chi connectivity index (χ2n) is 5.38. The molecule has 0 aliphatic carbocycles. The van der Waals surface area contributed by atoms with Crippen molar-refractivity contribution >= 4 is 0 Å². The summed E-state index contributed by atoms with van der Waals surface area (Å²) >= 11 is 0. The van der Waals surface area contributed by atoms with E-state index in [4.69, 9.17) is 10.5 Å². The van der Waals surface area contributed by atoms with Gasteiger partial charge >= 0.3 is 0 Å². The van der Waals surface area contributed by atoms with Crippen LogP contribution < -0.4 is 10.5 Å². The molecule has 0 saturated carbocycles. The van der Waals surface area contributed by atoms with Crippen molar-refractivity contribution in [2.45, 2.75) is 52.0 Å². The van der Waals surface area contributed by atoms with Gasteiger partial charge in [0.1, 0.15) is 5.75 Å². The Labute approximate surface area is 105 Å². The van der Waals surface area contributed by atoms with E-state index >= 15 is 0 Å². The summed E-state index contributed by atoms with van der Waals surface area (Å²) in [6.07, 6.45) is 2.03. The second-order valence-corrected chi connectivity index (χ2v) is 5.38. The van der Waals surface area contributed by atoms with Crippen LogP contribution in [0.25, 0.3) is 0 Å². The van der Waals surface area contributed by atoms with Gasteiger partial charge in [0, 0.05) is 6.04 Å². The SMILES string of the molecule is CCC(C)(C)c1ccc(OCCC(C)N)cc1. The molecule has 1 unspecified atom stereocenters. The van der Waals surface area contributed by atoms with E-state index in [-0.39, 0.29) is 11.5 Å². The highest BCUT2D eigenvalue weighted by Gasteiger charge is 2.17. The van der Waals surface area contributed by atoms with Gasteiger partial charge in [0.25, 0.3) is 0 Å². The molecule has 17 heavy (non-hydrogen) atoms. The highest BCUT2D eigenvalue weighted by molar-refractivity contribution is 5.31. The molecule has 0 saturated heterocycles. The average Bonchev–Trinajstić information content (AvgIpc) is 2.29. The van der Waals surface area contributed by atoms with Crippen LogP contribution in [-0.4, -0.2) is 12.6 Å². The molecule has 1 aromatic carbocycles. The quantitative estimate of drug-likeness (QED) is 0.819. The lowest BCUT2D eigenvalue weighted by Crippen LogP contribution is -2.18. The van der Waals surface area contributed by atoms with Crippen LogP contribution in [0.15, 0.2) is 24.3 Å². The summed E-state index contributed by atoms with van der Waals surface area (Å²) in [6.45, 7) is 9.43. The molecule has 0 fully saturated rings. The molecule has 0 heterocycles. The summed E-state index contributed by atoms with van der Waals surface area (Å²) in [6, 6.07) is 8.62. The molecule has 96 valence electrons. The van der Waals surface area contributed by atoms with Crippen molar-refractivity contribution in [2.75, 3.05) is 6.61 Å². The van der Waals surface area contributed by atoms with Crippen molar-refractivity contribution in [2.24, 2.45) is 5.73 Å². The Morgan fingerprint density at radius 2 is 1.82 bits per heavy atom. The lowest BCUT2D eigenvalue weighted by molar-refractivity contribution is 0.301. The van der Waals surface area contributed by atoms with Gasteiger partial charge in [-0.1, -0.05) is 32.9 Å². The Morgan fingerprint density at radius 3 is 2.29 bits per heavy atom. The van der Waals surface area contributed by atoms with Crippen LogP contribution in [0.1, 0.15) is 46.1 Å². The first kappa shape index (κ1) is 14.0. The Kier molecular flexibility index (Phi) is 5.01. The van der Waals surface area contributed by atoms with Gasteiger partial charge < -0.3 is 10.5 Å².